The summed E-state index contributed by atoms with van der Waals surface area (Å²) in [6, 6.07) is 6.02. The van der Waals surface area contributed by atoms with Crippen molar-refractivity contribution in [2.45, 2.75) is 33.2 Å². The molecule has 1 aromatic heterocycles. The van der Waals surface area contributed by atoms with Crippen molar-refractivity contribution < 1.29 is 0 Å². The Kier molecular flexibility index (Phi) is 5.00. The molecular weight excluding hydrogens is 258 g/mol. The first-order valence-corrected chi connectivity index (χ1v) is 7.16. The average Bonchev–Trinajstić information content (AvgIpc) is 2.86. The Hall–Kier alpha value is -1.32. The van der Waals surface area contributed by atoms with Crippen LogP contribution in [0.15, 0.2) is 30.6 Å². The first-order valence-electron chi connectivity index (χ1n) is 6.78. The van der Waals surface area contributed by atoms with Crippen LogP contribution in [0.1, 0.15) is 31.7 Å². The van der Waals surface area contributed by atoms with Gasteiger partial charge in [-0.1, -0.05) is 31.5 Å². The van der Waals surface area contributed by atoms with Gasteiger partial charge in [0.05, 0.1) is 5.69 Å². The molecule has 0 spiro atoms. The van der Waals surface area contributed by atoms with E-state index in [2.05, 4.69) is 34.8 Å². The molecule has 0 saturated carbocycles. The van der Waals surface area contributed by atoms with Crippen molar-refractivity contribution in [2.24, 2.45) is 0 Å². The van der Waals surface area contributed by atoms with Gasteiger partial charge in [-0.15, -0.1) is 0 Å². The van der Waals surface area contributed by atoms with Gasteiger partial charge in [-0.3, -0.25) is 0 Å². The molecule has 0 unspecified atom stereocenters. The summed E-state index contributed by atoms with van der Waals surface area (Å²) in [5.41, 5.74) is 2.25. The second kappa shape index (κ2) is 6.73. The molecule has 19 heavy (non-hydrogen) atoms. The smallest absolute Gasteiger partial charge is 0.113 e. The highest BCUT2D eigenvalue weighted by molar-refractivity contribution is 6.31. The van der Waals surface area contributed by atoms with Gasteiger partial charge >= 0.3 is 0 Å². The number of aryl methyl sites for hydroxylation is 1. The normalized spacial score (nSPS) is 10.9. The molecule has 1 N–H and O–H groups in total. The van der Waals surface area contributed by atoms with E-state index in [-0.39, 0.29) is 0 Å². The molecule has 2 rings (SSSR count). The third kappa shape index (κ3) is 3.17. The van der Waals surface area contributed by atoms with Gasteiger partial charge in [0.15, 0.2) is 0 Å². The van der Waals surface area contributed by atoms with Crippen molar-refractivity contribution in [1.29, 1.82) is 0 Å². The molecular formula is C15H20ClN3. The summed E-state index contributed by atoms with van der Waals surface area (Å²) in [6.07, 6.45) is 5.91. The topological polar surface area (TPSA) is 29.9 Å². The third-order valence-corrected chi connectivity index (χ3v) is 3.45. The van der Waals surface area contributed by atoms with E-state index in [0.717, 1.165) is 48.0 Å². The Morgan fingerprint density at radius 2 is 2.16 bits per heavy atom. The molecule has 1 heterocycles. The summed E-state index contributed by atoms with van der Waals surface area (Å²) in [6.45, 7) is 5.96. The average molecular weight is 278 g/mol. The lowest BCUT2D eigenvalue weighted by molar-refractivity contribution is 0.718. The van der Waals surface area contributed by atoms with E-state index in [1.54, 1.807) is 0 Å². The maximum Gasteiger partial charge on any atom is 0.113 e. The molecule has 2 aromatic rings. The molecule has 102 valence electrons. The Bertz CT molecular complexity index is 534. The van der Waals surface area contributed by atoms with Crippen molar-refractivity contribution >= 4 is 11.6 Å². The zero-order valence-electron chi connectivity index (χ0n) is 11.5. The minimum atomic E-state index is 0.773. The summed E-state index contributed by atoms with van der Waals surface area (Å²) < 4.78 is 2.14. The zero-order valence-corrected chi connectivity index (χ0v) is 12.2. The van der Waals surface area contributed by atoms with Crippen LogP contribution in [0.3, 0.4) is 0 Å². The van der Waals surface area contributed by atoms with Crippen LogP contribution in [0, 0.1) is 0 Å². The molecule has 0 bridgehead atoms. The Labute approximate surface area is 119 Å². The number of hydrogen-bond acceptors (Lipinski definition) is 2. The number of benzene rings is 1. The first-order chi connectivity index (χ1) is 9.27. The number of aromatic nitrogens is 2. The van der Waals surface area contributed by atoms with Crippen molar-refractivity contribution in [3.63, 3.8) is 0 Å². The molecule has 0 saturated heterocycles. The van der Waals surface area contributed by atoms with Crippen LogP contribution in [0.5, 0.6) is 0 Å². The minimum Gasteiger partial charge on any atom is -0.313 e. The van der Waals surface area contributed by atoms with Gasteiger partial charge in [0.1, 0.15) is 5.82 Å². The van der Waals surface area contributed by atoms with Crippen LogP contribution >= 0.6 is 11.6 Å². The highest BCUT2D eigenvalue weighted by atomic mass is 35.5. The standard InChI is InChI=1S/C15H20ClN3/c1-3-6-15-18-9-10-19(15)14-8-5-7-13(16)12(14)11-17-4-2/h5,7-10,17H,3-4,6,11H2,1-2H3. The summed E-state index contributed by atoms with van der Waals surface area (Å²) in [5.74, 6) is 1.09. The number of rotatable bonds is 6. The number of nitrogens with zero attached hydrogens (tertiary/aromatic N) is 2. The van der Waals surface area contributed by atoms with Crippen LogP contribution in [0.4, 0.5) is 0 Å². The first kappa shape index (κ1) is 14.1. The van der Waals surface area contributed by atoms with Crippen LogP contribution in [-0.4, -0.2) is 16.1 Å². The molecule has 0 aliphatic carbocycles. The number of nitrogens with one attached hydrogen (secondary N) is 1. The summed E-state index contributed by atoms with van der Waals surface area (Å²) in [5, 5.41) is 4.14. The van der Waals surface area contributed by atoms with Gasteiger partial charge in [0, 0.05) is 35.9 Å². The van der Waals surface area contributed by atoms with Crippen LogP contribution in [0.25, 0.3) is 5.69 Å². The molecule has 0 radical (unpaired) electrons. The fraction of sp³-hybridized carbons (Fsp3) is 0.400. The van der Waals surface area contributed by atoms with E-state index >= 15 is 0 Å². The van der Waals surface area contributed by atoms with Gasteiger partial charge in [-0.25, -0.2) is 4.98 Å². The summed E-state index contributed by atoms with van der Waals surface area (Å²) in [4.78, 5) is 4.43. The minimum absolute atomic E-state index is 0.773. The van der Waals surface area contributed by atoms with Crippen molar-refractivity contribution in [3.05, 3.63) is 47.0 Å². The van der Waals surface area contributed by atoms with E-state index in [4.69, 9.17) is 11.6 Å². The number of imidazole rings is 1. The van der Waals surface area contributed by atoms with Gasteiger partial charge in [0.25, 0.3) is 0 Å². The van der Waals surface area contributed by atoms with Crippen molar-refractivity contribution in [3.8, 4) is 5.69 Å². The molecule has 0 atom stereocenters. The van der Waals surface area contributed by atoms with E-state index in [9.17, 15) is 0 Å². The van der Waals surface area contributed by atoms with E-state index < -0.39 is 0 Å². The SMILES string of the molecule is CCCc1nccn1-c1cccc(Cl)c1CNCC. The quantitative estimate of drug-likeness (QED) is 0.874. The molecule has 1 aromatic carbocycles. The highest BCUT2D eigenvalue weighted by Crippen LogP contribution is 2.24. The van der Waals surface area contributed by atoms with Crippen molar-refractivity contribution in [2.75, 3.05) is 6.54 Å². The van der Waals surface area contributed by atoms with Gasteiger partial charge < -0.3 is 9.88 Å². The number of halogens is 1. The number of hydrogen-bond donors (Lipinski definition) is 1. The lowest BCUT2D eigenvalue weighted by atomic mass is 10.1. The maximum atomic E-state index is 6.34. The molecule has 0 aliphatic rings. The molecule has 0 fully saturated rings. The van der Waals surface area contributed by atoms with Gasteiger partial charge in [-0.2, -0.15) is 0 Å². The van der Waals surface area contributed by atoms with E-state index in [0.29, 0.717) is 0 Å². The fourth-order valence-corrected chi connectivity index (χ4v) is 2.40. The van der Waals surface area contributed by atoms with Crippen LogP contribution in [0.2, 0.25) is 5.02 Å². The van der Waals surface area contributed by atoms with Gasteiger partial charge in [0.2, 0.25) is 0 Å². The summed E-state index contributed by atoms with van der Waals surface area (Å²) >= 11 is 6.34. The highest BCUT2D eigenvalue weighted by Gasteiger charge is 2.11. The Morgan fingerprint density at radius 1 is 1.32 bits per heavy atom. The molecule has 3 nitrogen and oxygen atoms in total. The van der Waals surface area contributed by atoms with Gasteiger partial charge in [-0.05, 0) is 25.1 Å². The van der Waals surface area contributed by atoms with Crippen molar-refractivity contribution in [1.82, 2.24) is 14.9 Å². The maximum absolute atomic E-state index is 6.34. The summed E-state index contributed by atoms with van der Waals surface area (Å²) in [7, 11) is 0. The largest absolute Gasteiger partial charge is 0.313 e. The van der Waals surface area contributed by atoms with Crippen LogP contribution < -0.4 is 5.32 Å². The lowest BCUT2D eigenvalue weighted by Gasteiger charge is -2.14. The predicted octanol–water partition coefficient (Wildman–Crippen LogP) is 3.59. The Morgan fingerprint density at radius 3 is 2.89 bits per heavy atom. The van der Waals surface area contributed by atoms with Crippen LogP contribution in [-0.2, 0) is 13.0 Å². The van der Waals surface area contributed by atoms with E-state index in [1.807, 2.05) is 24.5 Å². The Balaban J connectivity index is 2.42. The lowest BCUT2D eigenvalue weighted by Crippen LogP contribution is -2.15. The third-order valence-electron chi connectivity index (χ3n) is 3.10. The predicted molar refractivity (Wildman–Crippen MR) is 79.9 cm³/mol. The molecule has 4 heteroatoms. The zero-order chi connectivity index (χ0) is 13.7. The fourth-order valence-electron chi connectivity index (χ4n) is 2.16. The second-order valence-electron chi connectivity index (χ2n) is 4.48. The molecule has 0 aliphatic heterocycles. The molecule has 0 amide bonds. The van der Waals surface area contributed by atoms with E-state index in [1.165, 1.54) is 0 Å². The second-order valence-corrected chi connectivity index (χ2v) is 4.89. The monoisotopic (exact) mass is 277 g/mol.